The van der Waals surface area contributed by atoms with E-state index in [4.69, 9.17) is 9.47 Å². The minimum Gasteiger partial charge on any atom is -0.456 e. The summed E-state index contributed by atoms with van der Waals surface area (Å²) in [7, 11) is 2.14. The monoisotopic (exact) mass is 426 g/mol. The van der Waals surface area contributed by atoms with Crippen molar-refractivity contribution in [1.29, 1.82) is 0 Å². The number of fused-ring (bicyclic) bond motifs is 3. The Morgan fingerprint density at radius 3 is 2.72 bits per heavy atom. The molecule has 0 bridgehead atoms. The fourth-order valence-electron chi connectivity index (χ4n) is 5.06. The first-order valence-corrected chi connectivity index (χ1v) is 11.2. The molecule has 5 rings (SSSR count). The third kappa shape index (κ3) is 3.40. The molecule has 0 spiro atoms. The molecule has 2 aliphatic heterocycles. The van der Waals surface area contributed by atoms with Gasteiger partial charge in [-0.3, -0.25) is 4.79 Å². The predicted octanol–water partition coefficient (Wildman–Crippen LogP) is 6.09. The second-order valence-corrected chi connectivity index (χ2v) is 9.19. The molecular weight excluding hydrogens is 398 g/mol. The molecule has 2 heterocycles. The molecular formula is C28H28NO3+. The number of benzene rings is 2. The van der Waals surface area contributed by atoms with Gasteiger partial charge in [0.05, 0.1) is 5.41 Å². The van der Waals surface area contributed by atoms with Crippen LogP contribution < -0.4 is 9.47 Å². The number of carbonyl (C=O) groups is 1. The Morgan fingerprint density at radius 1 is 1.12 bits per heavy atom. The van der Waals surface area contributed by atoms with Gasteiger partial charge in [-0.2, -0.15) is 4.58 Å². The highest BCUT2D eigenvalue weighted by atomic mass is 16.5. The lowest BCUT2D eigenvalue weighted by atomic mass is 9.81. The molecule has 0 N–H and O–H groups in total. The third-order valence-electron chi connectivity index (χ3n) is 6.65. The van der Waals surface area contributed by atoms with Crippen molar-refractivity contribution in [2.45, 2.75) is 45.4 Å². The topological polar surface area (TPSA) is 38.5 Å². The molecule has 0 amide bonds. The molecule has 0 unspecified atom stereocenters. The Labute approximate surface area is 189 Å². The SMILES string of the molecule is CC(=O)Oc1ccc2c(c1)OC1=C(/C=C/C3=[N+](C)c4ccccc4C3(C)C)CCCC1=C2. The Balaban J connectivity index is 1.50. The van der Waals surface area contributed by atoms with Crippen LogP contribution in [0.25, 0.3) is 6.08 Å². The lowest BCUT2D eigenvalue weighted by Gasteiger charge is -2.26. The van der Waals surface area contributed by atoms with E-state index in [1.54, 1.807) is 6.07 Å². The van der Waals surface area contributed by atoms with Crippen LogP contribution >= 0.6 is 0 Å². The van der Waals surface area contributed by atoms with Gasteiger partial charge < -0.3 is 9.47 Å². The van der Waals surface area contributed by atoms with E-state index in [1.807, 2.05) is 12.1 Å². The zero-order valence-corrected chi connectivity index (χ0v) is 19.1. The van der Waals surface area contributed by atoms with Crippen molar-refractivity contribution in [3.63, 3.8) is 0 Å². The first-order valence-electron chi connectivity index (χ1n) is 11.2. The maximum absolute atomic E-state index is 11.3. The summed E-state index contributed by atoms with van der Waals surface area (Å²) >= 11 is 0. The average molecular weight is 427 g/mol. The largest absolute Gasteiger partial charge is 0.456 e. The number of rotatable bonds is 3. The molecule has 162 valence electrons. The number of carbonyl (C=O) groups excluding carboxylic acids is 1. The minimum absolute atomic E-state index is 0.0562. The van der Waals surface area contributed by atoms with Crippen LogP contribution in [0.2, 0.25) is 0 Å². The molecule has 2 aromatic carbocycles. The van der Waals surface area contributed by atoms with Gasteiger partial charge in [-0.25, -0.2) is 0 Å². The van der Waals surface area contributed by atoms with Gasteiger partial charge in [0.1, 0.15) is 24.3 Å². The normalized spacial score (nSPS) is 18.7. The summed E-state index contributed by atoms with van der Waals surface area (Å²) in [4.78, 5) is 11.3. The summed E-state index contributed by atoms with van der Waals surface area (Å²) < 4.78 is 13.9. The van der Waals surface area contributed by atoms with E-state index < -0.39 is 0 Å². The highest BCUT2D eigenvalue weighted by Gasteiger charge is 2.42. The lowest BCUT2D eigenvalue weighted by Crippen LogP contribution is -2.26. The van der Waals surface area contributed by atoms with Gasteiger partial charge in [0.15, 0.2) is 5.71 Å². The number of hydrogen-bond acceptors (Lipinski definition) is 3. The van der Waals surface area contributed by atoms with E-state index in [1.165, 1.54) is 35.0 Å². The van der Waals surface area contributed by atoms with Gasteiger partial charge in [0.25, 0.3) is 0 Å². The van der Waals surface area contributed by atoms with Gasteiger partial charge in [0, 0.05) is 36.3 Å². The van der Waals surface area contributed by atoms with Crippen LogP contribution in [0.4, 0.5) is 5.69 Å². The molecule has 1 aliphatic carbocycles. The van der Waals surface area contributed by atoms with Gasteiger partial charge in [0.2, 0.25) is 5.69 Å². The van der Waals surface area contributed by atoms with E-state index in [9.17, 15) is 4.79 Å². The molecule has 3 aliphatic rings. The maximum atomic E-state index is 11.3. The molecule has 0 atom stereocenters. The van der Waals surface area contributed by atoms with E-state index >= 15 is 0 Å². The van der Waals surface area contributed by atoms with Crippen molar-refractivity contribution < 1.29 is 18.8 Å². The molecule has 0 saturated heterocycles. The maximum Gasteiger partial charge on any atom is 0.308 e. The molecule has 4 nitrogen and oxygen atoms in total. The predicted molar refractivity (Wildman–Crippen MR) is 127 cm³/mol. The van der Waals surface area contributed by atoms with Gasteiger partial charge >= 0.3 is 5.97 Å². The van der Waals surface area contributed by atoms with E-state index in [-0.39, 0.29) is 11.4 Å². The highest BCUT2D eigenvalue weighted by Crippen LogP contribution is 2.42. The molecule has 2 aromatic rings. The smallest absolute Gasteiger partial charge is 0.308 e. The summed E-state index contributed by atoms with van der Waals surface area (Å²) in [6.45, 7) is 5.97. The second kappa shape index (κ2) is 7.63. The summed E-state index contributed by atoms with van der Waals surface area (Å²) in [5.41, 5.74) is 7.29. The fourth-order valence-corrected chi connectivity index (χ4v) is 5.06. The molecule has 0 fully saturated rings. The first-order chi connectivity index (χ1) is 15.3. The number of esters is 1. The van der Waals surface area contributed by atoms with Crippen LogP contribution in [0.15, 0.2) is 71.5 Å². The number of para-hydroxylation sites is 1. The van der Waals surface area contributed by atoms with Crippen LogP contribution in [-0.4, -0.2) is 23.3 Å². The van der Waals surface area contributed by atoms with Crippen LogP contribution in [0.1, 0.15) is 51.2 Å². The van der Waals surface area contributed by atoms with Gasteiger partial charge in [-0.1, -0.05) is 18.2 Å². The summed E-state index contributed by atoms with van der Waals surface area (Å²) in [5, 5.41) is 0. The molecule has 32 heavy (non-hydrogen) atoms. The highest BCUT2D eigenvalue weighted by molar-refractivity contribution is 6.03. The van der Waals surface area contributed by atoms with Gasteiger partial charge in [-0.15, -0.1) is 0 Å². The number of ether oxygens (including phenoxy) is 2. The minimum atomic E-state index is -0.334. The van der Waals surface area contributed by atoms with Crippen LogP contribution in [0.3, 0.4) is 0 Å². The number of nitrogens with zero attached hydrogens (tertiary/aromatic N) is 1. The summed E-state index contributed by atoms with van der Waals surface area (Å²) in [6, 6.07) is 14.2. The summed E-state index contributed by atoms with van der Waals surface area (Å²) in [5.74, 6) is 1.84. The molecule has 0 saturated carbocycles. The zero-order chi connectivity index (χ0) is 22.5. The van der Waals surface area contributed by atoms with Gasteiger partial charge in [-0.05, 0) is 68.5 Å². The fraction of sp³-hybridized carbons (Fsp3) is 0.286. The molecule has 0 aromatic heterocycles. The van der Waals surface area contributed by atoms with Crippen LogP contribution in [0.5, 0.6) is 11.5 Å². The van der Waals surface area contributed by atoms with Crippen LogP contribution in [0, 0.1) is 0 Å². The van der Waals surface area contributed by atoms with E-state index in [2.05, 4.69) is 68.0 Å². The number of hydrogen-bond donors (Lipinski definition) is 0. The van der Waals surface area contributed by atoms with Crippen molar-refractivity contribution in [3.8, 4) is 11.5 Å². The molecule has 0 radical (unpaired) electrons. The second-order valence-electron chi connectivity index (χ2n) is 9.19. The van der Waals surface area contributed by atoms with Crippen molar-refractivity contribution >= 4 is 23.4 Å². The quantitative estimate of drug-likeness (QED) is 0.339. The Bertz CT molecular complexity index is 1260. The first kappa shape index (κ1) is 20.5. The zero-order valence-electron chi connectivity index (χ0n) is 19.1. The van der Waals surface area contributed by atoms with Crippen LogP contribution in [-0.2, 0) is 10.2 Å². The Kier molecular flexibility index (Phi) is 4.89. The standard InChI is InChI=1S/C28H28NO3/c1-18(30)31-22-14-12-20-16-21-9-7-8-19(27(21)32-25(20)17-22)13-15-26-28(2,3)23-10-5-6-11-24(23)29(26)4/h5-6,10-17H,7-9H2,1-4H3/q+1/b15-13+. The lowest BCUT2D eigenvalue weighted by molar-refractivity contribution is -0.401. The summed E-state index contributed by atoms with van der Waals surface area (Å²) in [6.07, 6.45) is 9.77. The van der Waals surface area contributed by atoms with Crippen molar-refractivity contribution in [3.05, 3.63) is 82.6 Å². The average Bonchev–Trinajstić information content (AvgIpc) is 2.96. The molecule has 4 heteroatoms. The van der Waals surface area contributed by atoms with Crippen molar-refractivity contribution in [2.24, 2.45) is 0 Å². The number of allylic oxidation sites excluding steroid dienone is 4. The van der Waals surface area contributed by atoms with E-state index in [0.717, 1.165) is 36.3 Å². The Hall–Kier alpha value is -3.40. The Morgan fingerprint density at radius 2 is 1.94 bits per heavy atom. The third-order valence-corrected chi connectivity index (χ3v) is 6.65. The van der Waals surface area contributed by atoms with E-state index in [0.29, 0.717) is 5.75 Å². The van der Waals surface area contributed by atoms with Crippen molar-refractivity contribution in [2.75, 3.05) is 7.05 Å². The van der Waals surface area contributed by atoms with Crippen molar-refractivity contribution in [1.82, 2.24) is 0 Å².